The van der Waals surface area contributed by atoms with Crippen LogP contribution in [0.1, 0.15) is 21.6 Å². The summed E-state index contributed by atoms with van der Waals surface area (Å²) in [5.74, 6) is -2.33. The first-order valence-corrected chi connectivity index (χ1v) is 8.00. The van der Waals surface area contributed by atoms with Crippen molar-refractivity contribution < 1.29 is 13.6 Å². The number of carbonyl (C=O) groups excluding carboxylic acids is 1. The van der Waals surface area contributed by atoms with Gasteiger partial charge >= 0.3 is 0 Å². The minimum absolute atomic E-state index is 0.252. The topological polar surface area (TPSA) is 49.0 Å². The van der Waals surface area contributed by atoms with Crippen molar-refractivity contribution in [1.29, 1.82) is 0 Å². The number of amides is 1. The summed E-state index contributed by atoms with van der Waals surface area (Å²) >= 11 is 0. The molecule has 126 valence electrons. The Labute approximate surface area is 143 Å². The largest absolute Gasteiger partial charge is 0.332 e. The third kappa shape index (κ3) is 2.69. The number of nitrogens with zero attached hydrogens (tertiary/aromatic N) is 2. The van der Waals surface area contributed by atoms with E-state index in [1.54, 1.807) is 0 Å². The molecule has 4 rings (SSSR count). The molecule has 0 radical (unpaired) electrons. The first-order valence-electron chi connectivity index (χ1n) is 8.00. The van der Waals surface area contributed by atoms with Gasteiger partial charge in [-0.3, -0.25) is 9.89 Å². The van der Waals surface area contributed by atoms with Crippen LogP contribution in [-0.2, 0) is 13.0 Å². The van der Waals surface area contributed by atoms with Crippen molar-refractivity contribution in [1.82, 2.24) is 15.1 Å². The van der Waals surface area contributed by atoms with Crippen molar-refractivity contribution in [3.8, 4) is 11.3 Å². The van der Waals surface area contributed by atoms with E-state index in [0.717, 1.165) is 34.6 Å². The maximum Gasteiger partial charge on any atom is 0.260 e. The highest BCUT2D eigenvalue weighted by Crippen LogP contribution is 2.29. The number of nitrogens with one attached hydrogen (secondary N) is 1. The number of carbonyl (C=O) groups is 1. The van der Waals surface area contributed by atoms with Gasteiger partial charge in [0.25, 0.3) is 5.91 Å². The second-order valence-corrected chi connectivity index (χ2v) is 5.97. The van der Waals surface area contributed by atoms with E-state index in [2.05, 4.69) is 10.2 Å². The first kappa shape index (κ1) is 15.5. The van der Waals surface area contributed by atoms with Crippen molar-refractivity contribution in [2.24, 2.45) is 0 Å². The predicted octanol–water partition coefficient (Wildman–Crippen LogP) is 3.55. The van der Waals surface area contributed by atoms with E-state index in [9.17, 15) is 13.6 Å². The summed E-state index contributed by atoms with van der Waals surface area (Å²) in [5.41, 5.74) is 3.20. The van der Waals surface area contributed by atoms with Gasteiger partial charge in [-0.15, -0.1) is 0 Å². The summed E-state index contributed by atoms with van der Waals surface area (Å²) in [6, 6.07) is 13.2. The van der Waals surface area contributed by atoms with Crippen LogP contribution in [0.5, 0.6) is 0 Å². The Morgan fingerprint density at radius 1 is 1.04 bits per heavy atom. The van der Waals surface area contributed by atoms with Gasteiger partial charge in [0.05, 0.1) is 17.9 Å². The number of hydrogen-bond acceptors (Lipinski definition) is 2. The number of aromatic nitrogens is 2. The van der Waals surface area contributed by atoms with E-state index in [1.807, 2.05) is 30.3 Å². The molecule has 0 fully saturated rings. The van der Waals surface area contributed by atoms with Crippen LogP contribution in [0.3, 0.4) is 0 Å². The summed E-state index contributed by atoms with van der Waals surface area (Å²) in [4.78, 5) is 14.0. The minimum atomic E-state index is -0.842. The normalized spacial score (nSPS) is 13.6. The Hall–Kier alpha value is -3.02. The molecular formula is C19H15F2N3O. The van der Waals surface area contributed by atoms with Crippen LogP contribution in [0.2, 0.25) is 0 Å². The molecule has 0 spiro atoms. The predicted molar refractivity (Wildman–Crippen MR) is 88.8 cm³/mol. The second-order valence-electron chi connectivity index (χ2n) is 5.97. The number of halogens is 2. The molecule has 1 N–H and O–H groups in total. The molecule has 6 heteroatoms. The Balaban J connectivity index is 1.62. The fourth-order valence-electron chi connectivity index (χ4n) is 3.19. The Kier molecular flexibility index (Phi) is 3.80. The molecule has 0 saturated heterocycles. The SMILES string of the molecule is O=C(c1c(F)cccc1F)N1CCc2c(-c3ccccc3)n[nH]c2C1. The molecule has 3 aromatic rings. The van der Waals surface area contributed by atoms with Crippen molar-refractivity contribution in [2.45, 2.75) is 13.0 Å². The monoisotopic (exact) mass is 339 g/mol. The van der Waals surface area contributed by atoms with Crippen LogP contribution in [0.4, 0.5) is 8.78 Å². The Morgan fingerprint density at radius 3 is 2.48 bits per heavy atom. The second kappa shape index (κ2) is 6.12. The molecule has 0 bridgehead atoms. The number of rotatable bonds is 2. The average molecular weight is 339 g/mol. The first-order chi connectivity index (χ1) is 12.1. The molecule has 0 aliphatic carbocycles. The van der Waals surface area contributed by atoms with Gasteiger partial charge in [-0.1, -0.05) is 36.4 Å². The van der Waals surface area contributed by atoms with E-state index in [-0.39, 0.29) is 6.54 Å². The lowest BCUT2D eigenvalue weighted by Gasteiger charge is -2.27. The maximum absolute atomic E-state index is 13.9. The lowest BCUT2D eigenvalue weighted by Crippen LogP contribution is -2.36. The fourth-order valence-corrected chi connectivity index (χ4v) is 3.19. The maximum atomic E-state index is 13.9. The van der Waals surface area contributed by atoms with Crippen molar-refractivity contribution in [3.05, 3.63) is 77.0 Å². The highest BCUT2D eigenvalue weighted by atomic mass is 19.1. The highest BCUT2D eigenvalue weighted by molar-refractivity contribution is 5.95. The molecule has 1 aromatic heterocycles. The number of hydrogen-bond donors (Lipinski definition) is 1. The molecular weight excluding hydrogens is 324 g/mol. The molecule has 25 heavy (non-hydrogen) atoms. The number of H-pyrrole nitrogens is 1. The molecule has 4 nitrogen and oxygen atoms in total. The van der Waals surface area contributed by atoms with Crippen LogP contribution in [0.25, 0.3) is 11.3 Å². The van der Waals surface area contributed by atoms with Crippen LogP contribution < -0.4 is 0 Å². The third-order valence-electron chi connectivity index (χ3n) is 4.44. The van der Waals surface area contributed by atoms with Gasteiger partial charge in [-0.05, 0) is 18.6 Å². The summed E-state index contributed by atoms with van der Waals surface area (Å²) in [5, 5.41) is 7.32. The van der Waals surface area contributed by atoms with Gasteiger partial charge in [0.2, 0.25) is 0 Å². The van der Waals surface area contributed by atoms with Gasteiger partial charge in [0, 0.05) is 17.7 Å². The molecule has 1 amide bonds. The van der Waals surface area contributed by atoms with E-state index in [1.165, 1.54) is 11.0 Å². The van der Waals surface area contributed by atoms with Crippen molar-refractivity contribution in [3.63, 3.8) is 0 Å². The van der Waals surface area contributed by atoms with Gasteiger partial charge in [-0.2, -0.15) is 5.10 Å². The number of benzene rings is 2. The van der Waals surface area contributed by atoms with Gasteiger partial charge < -0.3 is 4.90 Å². The zero-order valence-electron chi connectivity index (χ0n) is 13.3. The molecule has 2 heterocycles. The van der Waals surface area contributed by atoms with Crippen LogP contribution in [0.15, 0.2) is 48.5 Å². The lowest BCUT2D eigenvalue weighted by atomic mass is 9.99. The van der Waals surface area contributed by atoms with Gasteiger partial charge in [-0.25, -0.2) is 8.78 Å². The molecule has 1 aliphatic heterocycles. The van der Waals surface area contributed by atoms with Crippen LogP contribution >= 0.6 is 0 Å². The highest BCUT2D eigenvalue weighted by Gasteiger charge is 2.28. The molecule has 0 atom stereocenters. The summed E-state index contributed by atoms with van der Waals surface area (Å²) < 4.78 is 27.7. The summed E-state index contributed by atoms with van der Waals surface area (Å²) in [6.07, 6.45) is 0.581. The van der Waals surface area contributed by atoms with Crippen LogP contribution in [0, 0.1) is 11.6 Å². The fraction of sp³-hybridized carbons (Fsp3) is 0.158. The van der Waals surface area contributed by atoms with E-state index in [4.69, 9.17) is 0 Å². The Bertz CT molecular complexity index is 917. The minimum Gasteiger partial charge on any atom is -0.332 e. The Morgan fingerprint density at radius 2 is 1.76 bits per heavy atom. The number of aromatic amines is 1. The third-order valence-corrected chi connectivity index (χ3v) is 4.44. The van der Waals surface area contributed by atoms with E-state index >= 15 is 0 Å². The zero-order valence-corrected chi connectivity index (χ0v) is 13.3. The lowest BCUT2D eigenvalue weighted by molar-refractivity contribution is 0.0722. The van der Waals surface area contributed by atoms with Crippen molar-refractivity contribution in [2.75, 3.05) is 6.54 Å². The van der Waals surface area contributed by atoms with E-state index in [0.29, 0.717) is 13.0 Å². The summed E-state index contributed by atoms with van der Waals surface area (Å²) in [7, 11) is 0. The standard InChI is InChI=1S/C19H15F2N3O/c20-14-7-4-8-15(21)17(14)19(25)24-10-9-13-16(11-24)22-23-18(13)12-5-2-1-3-6-12/h1-8H,9-11H2,(H,22,23). The number of fused-ring (bicyclic) bond motifs is 1. The smallest absolute Gasteiger partial charge is 0.260 e. The average Bonchev–Trinajstić information content (AvgIpc) is 3.05. The van der Waals surface area contributed by atoms with Crippen LogP contribution in [-0.4, -0.2) is 27.5 Å². The molecule has 0 unspecified atom stereocenters. The van der Waals surface area contributed by atoms with Gasteiger partial charge in [0.15, 0.2) is 0 Å². The molecule has 0 saturated carbocycles. The van der Waals surface area contributed by atoms with E-state index < -0.39 is 23.1 Å². The summed E-state index contributed by atoms with van der Waals surface area (Å²) in [6.45, 7) is 0.640. The quantitative estimate of drug-likeness (QED) is 0.776. The molecule has 1 aliphatic rings. The molecule has 2 aromatic carbocycles. The van der Waals surface area contributed by atoms with Crippen molar-refractivity contribution >= 4 is 5.91 Å². The zero-order chi connectivity index (χ0) is 17.4. The van der Waals surface area contributed by atoms with Gasteiger partial charge in [0.1, 0.15) is 17.2 Å².